The summed E-state index contributed by atoms with van der Waals surface area (Å²) in [5.41, 5.74) is 1.87. The number of rotatable bonds is 8. The molecular formula is C18H23N3O3. The molecule has 1 aromatic heterocycles. The number of nitrogens with one attached hydrogen (secondary N) is 1. The fourth-order valence-corrected chi connectivity index (χ4v) is 2.52. The van der Waals surface area contributed by atoms with Crippen molar-refractivity contribution in [3.63, 3.8) is 0 Å². The van der Waals surface area contributed by atoms with Gasteiger partial charge in [0.05, 0.1) is 12.7 Å². The summed E-state index contributed by atoms with van der Waals surface area (Å²) in [6.45, 7) is 4.48. The van der Waals surface area contributed by atoms with Crippen LogP contribution >= 0.6 is 0 Å². The number of carboxylic acid groups (broad SMARTS) is 1. The first-order valence-electron chi connectivity index (χ1n) is 8.00. The number of carbonyl (C=O) groups excluding carboxylic acids is 1. The van der Waals surface area contributed by atoms with Gasteiger partial charge in [-0.3, -0.25) is 4.79 Å². The van der Waals surface area contributed by atoms with Gasteiger partial charge < -0.3 is 15.0 Å². The monoisotopic (exact) mass is 329 g/mol. The third-order valence-electron chi connectivity index (χ3n) is 3.68. The number of amides is 1. The van der Waals surface area contributed by atoms with Crippen LogP contribution in [0.25, 0.3) is 0 Å². The number of carboxylic acids is 1. The molecule has 1 atom stereocenters. The Morgan fingerprint density at radius 3 is 2.58 bits per heavy atom. The number of aliphatic carboxylic acids is 1. The van der Waals surface area contributed by atoms with Crippen molar-refractivity contribution in [2.45, 2.75) is 39.3 Å². The van der Waals surface area contributed by atoms with Crippen molar-refractivity contribution in [3.05, 3.63) is 54.1 Å². The Morgan fingerprint density at radius 2 is 1.96 bits per heavy atom. The molecule has 0 fully saturated rings. The van der Waals surface area contributed by atoms with E-state index in [9.17, 15) is 14.7 Å². The molecule has 0 aliphatic carbocycles. The fraction of sp³-hybridized carbons (Fsp3) is 0.389. The maximum atomic E-state index is 12.2. The fourth-order valence-electron chi connectivity index (χ4n) is 2.52. The summed E-state index contributed by atoms with van der Waals surface area (Å²) >= 11 is 0. The Morgan fingerprint density at radius 1 is 1.25 bits per heavy atom. The van der Waals surface area contributed by atoms with Crippen molar-refractivity contribution in [3.8, 4) is 0 Å². The number of nitrogens with zero attached hydrogens (tertiary/aromatic N) is 2. The molecule has 0 aliphatic rings. The molecule has 0 spiro atoms. The highest BCUT2D eigenvalue weighted by molar-refractivity contribution is 5.84. The summed E-state index contributed by atoms with van der Waals surface area (Å²) in [4.78, 5) is 27.5. The summed E-state index contributed by atoms with van der Waals surface area (Å²) in [6, 6.07) is 9.03. The summed E-state index contributed by atoms with van der Waals surface area (Å²) in [6.07, 6.45) is 3.83. The third kappa shape index (κ3) is 5.22. The van der Waals surface area contributed by atoms with E-state index in [0.29, 0.717) is 13.0 Å². The second-order valence-electron chi connectivity index (χ2n) is 6.26. The quantitative estimate of drug-likeness (QED) is 0.777. The van der Waals surface area contributed by atoms with Crippen molar-refractivity contribution < 1.29 is 14.7 Å². The molecule has 1 aromatic carbocycles. The highest BCUT2D eigenvalue weighted by Crippen LogP contribution is 2.08. The SMILES string of the molecule is CC(C)C[C@H](NC(=O)Cc1cncn1Cc1ccccc1)C(=O)O. The molecule has 6 heteroatoms. The lowest BCUT2D eigenvalue weighted by Gasteiger charge is -2.16. The van der Waals surface area contributed by atoms with Crippen molar-refractivity contribution in [1.29, 1.82) is 0 Å². The van der Waals surface area contributed by atoms with E-state index in [4.69, 9.17) is 0 Å². The summed E-state index contributed by atoms with van der Waals surface area (Å²) in [5.74, 6) is -1.12. The van der Waals surface area contributed by atoms with Crippen LogP contribution in [0.3, 0.4) is 0 Å². The van der Waals surface area contributed by atoms with Gasteiger partial charge in [-0.15, -0.1) is 0 Å². The Hall–Kier alpha value is -2.63. The number of imidazole rings is 1. The molecule has 2 rings (SSSR count). The van der Waals surface area contributed by atoms with E-state index in [0.717, 1.165) is 11.3 Å². The maximum Gasteiger partial charge on any atom is 0.326 e. The molecule has 1 heterocycles. The van der Waals surface area contributed by atoms with Gasteiger partial charge in [-0.2, -0.15) is 0 Å². The third-order valence-corrected chi connectivity index (χ3v) is 3.68. The van der Waals surface area contributed by atoms with Crippen LogP contribution < -0.4 is 5.32 Å². The molecule has 0 saturated carbocycles. The van der Waals surface area contributed by atoms with Crippen molar-refractivity contribution in [2.75, 3.05) is 0 Å². The zero-order chi connectivity index (χ0) is 17.5. The molecule has 2 aromatic rings. The lowest BCUT2D eigenvalue weighted by atomic mass is 10.0. The van der Waals surface area contributed by atoms with Gasteiger partial charge in [-0.25, -0.2) is 9.78 Å². The van der Waals surface area contributed by atoms with E-state index < -0.39 is 12.0 Å². The maximum absolute atomic E-state index is 12.2. The number of benzene rings is 1. The Labute approximate surface area is 141 Å². The smallest absolute Gasteiger partial charge is 0.326 e. The number of aromatic nitrogens is 2. The van der Waals surface area contributed by atoms with Crippen molar-refractivity contribution in [1.82, 2.24) is 14.9 Å². The van der Waals surface area contributed by atoms with Crippen LogP contribution in [0.5, 0.6) is 0 Å². The summed E-state index contributed by atoms with van der Waals surface area (Å²) < 4.78 is 1.90. The summed E-state index contributed by atoms with van der Waals surface area (Å²) in [5, 5.41) is 11.8. The number of carbonyl (C=O) groups is 2. The van der Waals surface area contributed by atoms with E-state index >= 15 is 0 Å². The van der Waals surface area contributed by atoms with E-state index in [-0.39, 0.29) is 18.2 Å². The molecule has 24 heavy (non-hydrogen) atoms. The molecule has 128 valence electrons. The molecule has 1 amide bonds. The molecule has 0 radical (unpaired) electrons. The molecule has 0 unspecified atom stereocenters. The predicted molar refractivity (Wildman–Crippen MR) is 90.5 cm³/mol. The van der Waals surface area contributed by atoms with Gasteiger partial charge in [0.1, 0.15) is 6.04 Å². The second-order valence-corrected chi connectivity index (χ2v) is 6.26. The Kier molecular flexibility index (Phi) is 6.12. The van der Waals surface area contributed by atoms with E-state index in [2.05, 4.69) is 10.3 Å². The van der Waals surface area contributed by atoms with E-state index in [1.807, 2.05) is 48.7 Å². The molecule has 0 bridgehead atoms. The van der Waals surface area contributed by atoms with Gasteiger partial charge in [-0.1, -0.05) is 44.2 Å². The Bertz CT molecular complexity index is 680. The zero-order valence-corrected chi connectivity index (χ0v) is 14.0. The van der Waals surface area contributed by atoms with Crippen LogP contribution in [0.1, 0.15) is 31.5 Å². The largest absolute Gasteiger partial charge is 0.480 e. The molecule has 2 N–H and O–H groups in total. The first-order chi connectivity index (χ1) is 11.5. The topological polar surface area (TPSA) is 84.2 Å². The second kappa shape index (κ2) is 8.29. The van der Waals surface area contributed by atoms with Gasteiger partial charge in [0, 0.05) is 18.4 Å². The average Bonchev–Trinajstić information content (AvgIpc) is 2.94. The van der Waals surface area contributed by atoms with Gasteiger partial charge >= 0.3 is 5.97 Å². The predicted octanol–water partition coefficient (Wildman–Crippen LogP) is 2.09. The summed E-state index contributed by atoms with van der Waals surface area (Å²) in [7, 11) is 0. The van der Waals surface area contributed by atoms with Crippen molar-refractivity contribution in [2.24, 2.45) is 5.92 Å². The lowest BCUT2D eigenvalue weighted by Crippen LogP contribution is -2.42. The van der Waals surface area contributed by atoms with Crippen LogP contribution in [0.4, 0.5) is 0 Å². The highest BCUT2D eigenvalue weighted by atomic mass is 16.4. The van der Waals surface area contributed by atoms with Crippen LogP contribution in [0.15, 0.2) is 42.9 Å². The van der Waals surface area contributed by atoms with Crippen LogP contribution in [-0.2, 0) is 22.6 Å². The average molecular weight is 329 g/mol. The number of hydrogen-bond donors (Lipinski definition) is 2. The minimum atomic E-state index is -1.00. The van der Waals surface area contributed by atoms with Crippen molar-refractivity contribution >= 4 is 11.9 Å². The van der Waals surface area contributed by atoms with E-state index in [1.165, 1.54) is 0 Å². The van der Waals surface area contributed by atoms with Crippen LogP contribution in [-0.4, -0.2) is 32.6 Å². The first-order valence-corrected chi connectivity index (χ1v) is 8.00. The zero-order valence-electron chi connectivity index (χ0n) is 14.0. The van der Waals surface area contributed by atoms with Crippen LogP contribution in [0.2, 0.25) is 0 Å². The standard InChI is InChI=1S/C18H23N3O3/c1-13(2)8-16(18(23)24)20-17(22)9-15-10-19-12-21(15)11-14-6-4-3-5-7-14/h3-7,10,12-13,16H,8-9,11H2,1-2H3,(H,20,22)(H,23,24)/t16-/m0/s1. The van der Waals surface area contributed by atoms with Gasteiger partial charge in [0.25, 0.3) is 0 Å². The minimum absolute atomic E-state index is 0.106. The molecular weight excluding hydrogens is 306 g/mol. The van der Waals surface area contributed by atoms with Crippen LogP contribution in [0, 0.1) is 5.92 Å². The Balaban J connectivity index is 1.99. The minimum Gasteiger partial charge on any atom is -0.480 e. The van der Waals surface area contributed by atoms with Gasteiger partial charge in [0.15, 0.2) is 0 Å². The first kappa shape index (κ1) is 17.7. The molecule has 0 saturated heterocycles. The number of hydrogen-bond acceptors (Lipinski definition) is 3. The van der Waals surface area contributed by atoms with Gasteiger partial charge in [0.2, 0.25) is 5.91 Å². The van der Waals surface area contributed by atoms with E-state index in [1.54, 1.807) is 12.5 Å². The highest BCUT2D eigenvalue weighted by Gasteiger charge is 2.21. The normalized spacial score (nSPS) is 12.1. The molecule has 6 nitrogen and oxygen atoms in total. The van der Waals surface area contributed by atoms with Gasteiger partial charge in [-0.05, 0) is 17.9 Å². The lowest BCUT2D eigenvalue weighted by molar-refractivity contribution is -0.142. The molecule has 0 aliphatic heterocycles.